The van der Waals surface area contributed by atoms with E-state index < -0.39 is 0 Å². The van der Waals surface area contributed by atoms with E-state index in [-0.39, 0.29) is 0 Å². The molecule has 1 heterocycles. The zero-order valence-corrected chi connectivity index (χ0v) is 10.3. The van der Waals surface area contributed by atoms with E-state index in [4.69, 9.17) is 5.73 Å². The molecule has 0 amide bonds. The number of unbranched alkanes of at least 4 members (excludes halogenated alkanes) is 1. The molecule has 1 aromatic heterocycles. The molecule has 3 N–H and O–H groups in total. The average Bonchev–Trinajstić information content (AvgIpc) is 2.58. The summed E-state index contributed by atoms with van der Waals surface area (Å²) in [6.07, 6.45) is 4.10. The maximum atomic E-state index is 5.73. The van der Waals surface area contributed by atoms with Crippen LogP contribution in [0.15, 0.2) is 11.2 Å². The Morgan fingerprint density at radius 2 is 2.38 bits per heavy atom. The highest BCUT2D eigenvalue weighted by Gasteiger charge is 2.02. The van der Waals surface area contributed by atoms with Crippen LogP contribution < -0.4 is 11.1 Å². The quantitative estimate of drug-likeness (QED) is 0.443. The summed E-state index contributed by atoms with van der Waals surface area (Å²) in [5.41, 5.74) is 7.97. The lowest BCUT2D eigenvalue weighted by atomic mass is 10.3. The van der Waals surface area contributed by atoms with Crippen LogP contribution in [0.2, 0.25) is 0 Å². The van der Waals surface area contributed by atoms with Crippen LogP contribution in [0.4, 0.5) is 0 Å². The van der Waals surface area contributed by atoms with Crippen LogP contribution in [0.25, 0.3) is 0 Å². The fourth-order valence-electron chi connectivity index (χ4n) is 1.32. The molecule has 0 spiro atoms. The number of aryl methyl sites for hydroxylation is 1. The van der Waals surface area contributed by atoms with Crippen LogP contribution in [0.5, 0.6) is 0 Å². The van der Waals surface area contributed by atoms with Crippen molar-refractivity contribution < 1.29 is 0 Å². The van der Waals surface area contributed by atoms with Gasteiger partial charge in [-0.15, -0.1) is 0 Å². The summed E-state index contributed by atoms with van der Waals surface area (Å²) >= 11 is 0. The zero-order valence-electron chi connectivity index (χ0n) is 10.3. The summed E-state index contributed by atoms with van der Waals surface area (Å²) < 4.78 is 1.84. The van der Waals surface area contributed by atoms with E-state index in [2.05, 4.69) is 22.3 Å². The third-order valence-corrected chi connectivity index (χ3v) is 2.59. The molecule has 0 aromatic carbocycles. The van der Waals surface area contributed by atoms with E-state index in [0.29, 0.717) is 12.5 Å². The van der Waals surface area contributed by atoms with Gasteiger partial charge in [-0.25, -0.2) is 4.99 Å². The first-order chi connectivity index (χ1) is 7.65. The molecule has 0 unspecified atom stereocenters. The molecule has 0 aliphatic carbocycles. The number of nitrogens with two attached hydrogens (primary N) is 1. The van der Waals surface area contributed by atoms with Gasteiger partial charge in [-0.3, -0.25) is 4.68 Å². The van der Waals surface area contributed by atoms with Gasteiger partial charge in [0, 0.05) is 24.8 Å². The highest BCUT2D eigenvalue weighted by molar-refractivity contribution is 5.77. The van der Waals surface area contributed by atoms with Gasteiger partial charge in [-0.1, -0.05) is 13.3 Å². The van der Waals surface area contributed by atoms with Crippen molar-refractivity contribution in [1.82, 2.24) is 15.1 Å². The standard InChI is InChI=1S/C11H21N5/c1-4-5-6-13-11(12)14-7-10-8-15-16(3)9(10)2/h8H,4-7H2,1-3H3,(H3,12,13,14). The van der Waals surface area contributed by atoms with Gasteiger partial charge in [0.05, 0.1) is 12.7 Å². The Bertz CT molecular complexity index is 353. The molecule has 16 heavy (non-hydrogen) atoms. The van der Waals surface area contributed by atoms with Crippen molar-refractivity contribution in [3.63, 3.8) is 0 Å². The Labute approximate surface area is 96.7 Å². The highest BCUT2D eigenvalue weighted by atomic mass is 15.3. The molecular weight excluding hydrogens is 202 g/mol. The molecule has 5 heteroatoms. The minimum Gasteiger partial charge on any atom is -0.370 e. The second-order valence-electron chi connectivity index (χ2n) is 3.86. The van der Waals surface area contributed by atoms with Crippen molar-refractivity contribution in [1.29, 1.82) is 0 Å². The van der Waals surface area contributed by atoms with Crippen molar-refractivity contribution in [2.75, 3.05) is 6.54 Å². The summed E-state index contributed by atoms with van der Waals surface area (Å²) in [5.74, 6) is 0.511. The van der Waals surface area contributed by atoms with Gasteiger partial charge in [-0.2, -0.15) is 5.10 Å². The summed E-state index contributed by atoms with van der Waals surface area (Å²) in [7, 11) is 1.92. The molecule has 0 saturated carbocycles. The maximum absolute atomic E-state index is 5.73. The van der Waals surface area contributed by atoms with Crippen molar-refractivity contribution >= 4 is 5.96 Å². The molecule has 0 bridgehead atoms. The minimum absolute atomic E-state index is 0.511. The van der Waals surface area contributed by atoms with E-state index in [1.54, 1.807) is 0 Å². The molecule has 1 rings (SSSR count). The van der Waals surface area contributed by atoms with E-state index >= 15 is 0 Å². The molecule has 0 fully saturated rings. The number of hydrogen-bond acceptors (Lipinski definition) is 2. The molecule has 0 saturated heterocycles. The number of rotatable bonds is 5. The first-order valence-corrected chi connectivity index (χ1v) is 5.66. The van der Waals surface area contributed by atoms with Gasteiger partial charge in [0.15, 0.2) is 5.96 Å². The number of guanidine groups is 1. The molecule has 0 radical (unpaired) electrons. The smallest absolute Gasteiger partial charge is 0.188 e. The van der Waals surface area contributed by atoms with Gasteiger partial charge in [0.2, 0.25) is 0 Å². The molecule has 0 atom stereocenters. The van der Waals surface area contributed by atoms with Crippen LogP contribution in [-0.4, -0.2) is 22.3 Å². The Morgan fingerprint density at radius 1 is 1.62 bits per heavy atom. The van der Waals surface area contributed by atoms with Crippen LogP contribution in [0, 0.1) is 6.92 Å². The molecular formula is C11H21N5. The predicted molar refractivity (Wildman–Crippen MR) is 66.2 cm³/mol. The lowest BCUT2D eigenvalue weighted by Crippen LogP contribution is -2.32. The van der Waals surface area contributed by atoms with Crippen molar-refractivity contribution in [3.8, 4) is 0 Å². The normalized spacial score (nSPS) is 11.8. The monoisotopic (exact) mass is 223 g/mol. The predicted octanol–water partition coefficient (Wildman–Crippen LogP) is 0.933. The molecule has 5 nitrogen and oxygen atoms in total. The van der Waals surface area contributed by atoms with Crippen LogP contribution >= 0.6 is 0 Å². The highest BCUT2D eigenvalue weighted by Crippen LogP contribution is 2.06. The molecule has 90 valence electrons. The average molecular weight is 223 g/mol. The SMILES string of the molecule is CCCCNC(N)=NCc1cnn(C)c1C. The van der Waals surface area contributed by atoms with E-state index in [1.165, 1.54) is 0 Å². The van der Waals surface area contributed by atoms with Crippen LogP contribution in [0.3, 0.4) is 0 Å². The Kier molecular flexibility index (Phi) is 4.82. The fraction of sp³-hybridized carbons (Fsp3) is 0.636. The second-order valence-corrected chi connectivity index (χ2v) is 3.86. The number of hydrogen-bond donors (Lipinski definition) is 2. The van der Waals surface area contributed by atoms with Gasteiger partial charge in [-0.05, 0) is 13.3 Å². The maximum Gasteiger partial charge on any atom is 0.188 e. The molecule has 1 aromatic rings. The van der Waals surface area contributed by atoms with Crippen LogP contribution in [0.1, 0.15) is 31.0 Å². The van der Waals surface area contributed by atoms with E-state index in [9.17, 15) is 0 Å². The van der Waals surface area contributed by atoms with Crippen LogP contribution in [-0.2, 0) is 13.6 Å². The minimum atomic E-state index is 0.511. The topological polar surface area (TPSA) is 68.2 Å². The molecule has 0 aliphatic rings. The van der Waals surface area contributed by atoms with E-state index in [1.807, 2.05) is 24.9 Å². The van der Waals surface area contributed by atoms with Gasteiger partial charge < -0.3 is 11.1 Å². The lowest BCUT2D eigenvalue weighted by molar-refractivity contribution is 0.736. The number of nitrogens with one attached hydrogen (secondary N) is 1. The van der Waals surface area contributed by atoms with Gasteiger partial charge >= 0.3 is 0 Å². The first-order valence-electron chi connectivity index (χ1n) is 5.66. The Morgan fingerprint density at radius 3 is 2.94 bits per heavy atom. The third-order valence-electron chi connectivity index (χ3n) is 2.59. The van der Waals surface area contributed by atoms with E-state index in [0.717, 1.165) is 30.6 Å². The van der Waals surface area contributed by atoms with Crippen molar-refractivity contribution in [3.05, 3.63) is 17.5 Å². The summed E-state index contributed by atoms with van der Waals surface area (Å²) in [6, 6.07) is 0. The number of aliphatic imine (C=N–C) groups is 1. The third kappa shape index (κ3) is 3.56. The summed E-state index contributed by atoms with van der Waals surface area (Å²) in [5, 5.41) is 7.24. The summed E-state index contributed by atoms with van der Waals surface area (Å²) in [6.45, 7) is 5.65. The fourth-order valence-corrected chi connectivity index (χ4v) is 1.32. The van der Waals surface area contributed by atoms with Gasteiger partial charge in [0.1, 0.15) is 0 Å². The van der Waals surface area contributed by atoms with Crippen molar-refractivity contribution in [2.45, 2.75) is 33.2 Å². The molecule has 0 aliphatic heterocycles. The number of nitrogens with zero attached hydrogens (tertiary/aromatic N) is 3. The van der Waals surface area contributed by atoms with Crippen molar-refractivity contribution in [2.24, 2.45) is 17.8 Å². The second kappa shape index (κ2) is 6.15. The Hall–Kier alpha value is -1.52. The van der Waals surface area contributed by atoms with Gasteiger partial charge in [0.25, 0.3) is 0 Å². The number of aromatic nitrogens is 2. The zero-order chi connectivity index (χ0) is 12.0. The lowest BCUT2D eigenvalue weighted by Gasteiger charge is -2.04. The largest absolute Gasteiger partial charge is 0.370 e. The summed E-state index contributed by atoms with van der Waals surface area (Å²) in [4.78, 5) is 4.27. The first kappa shape index (κ1) is 12.5. The Balaban J connectivity index is 2.43.